The van der Waals surface area contributed by atoms with Crippen molar-refractivity contribution in [1.82, 2.24) is 4.98 Å². The molecule has 6 rings (SSSR count). The summed E-state index contributed by atoms with van der Waals surface area (Å²) in [5, 5.41) is 2.23. The van der Waals surface area contributed by atoms with Gasteiger partial charge >= 0.3 is 6.01 Å². The molecule has 0 bridgehead atoms. The molecule has 1 aliphatic heterocycles. The Morgan fingerprint density at radius 2 is 1.76 bits per heavy atom. The van der Waals surface area contributed by atoms with Crippen molar-refractivity contribution in [3.8, 4) is 11.3 Å². The summed E-state index contributed by atoms with van der Waals surface area (Å²) in [4.78, 5) is 4.32. The first kappa shape index (κ1) is 22.6. The van der Waals surface area contributed by atoms with Gasteiger partial charge in [0.15, 0.2) is 7.05 Å². The second-order valence-corrected chi connectivity index (χ2v) is 7.57. The molecule has 0 saturated carbocycles. The van der Waals surface area contributed by atoms with Gasteiger partial charge in [0.05, 0.1) is 0 Å². The zero-order chi connectivity index (χ0) is 21.9. The Kier molecular flexibility index (Phi) is 6.76. The molecule has 0 spiro atoms. The third-order valence-electron chi connectivity index (χ3n) is 5.16. The van der Waals surface area contributed by atoms with Crippen LogP contribution in [-0.2, 0) is 20.1 Å². The van der Waals surface area contributed by atoms with Gasteiger partial charge in [0, 0.05) is 37.3 Å². The van der Waals surface area contributed by atoms with Crippen LogP contribution in [0, 0.1) is 19.1 Å². The Bertz CT molecular complexity index is 1510. The van der Waals surface area contributed by atoms with E-state index in [0.29, 0.717) is 0 Å². The summed E-state index contributed by atoms with van der Waals surface area (Å²) in [6.07, 6.45) is 5.78. The number of rotatable bonds is 2. The molecule has 0 amide bonds. The van der Waals surface area contributed by atoms with Gasteiger partial charge in [-0.05, 0) is 24.2 Å². The Labute approximate surface area is 206 Å². The molecular formula is C28H21IrN3O. The van der Waals surface area contributed by atoms with Crippen LogP contribution >= 0.6 is 0 Å². The van der Waals surface area contributed by atoms with Crippen molar-refractivity contribution in [3.63, 3.8) is 0 Å². The first-order valence-corrected chi connectivity index (χ1v) is 10.4. The summed E-state index contributed by atoms with van der Waals surface area (Å²) in [6, 6.07) is 33.5. The topological polar surface area (TPSA) is 32.0 Å². The SMILES string of the molecule is C[N+]1=C=[N+](c2[c-]cc3oc4ccccc4c3c2)C=C1.Cc1ccc(-c2[c-]cccc2)nc1.[Ir]. The van der Waals surface area contributed by atoms with Crippen LogP contribution in [0.4, 0.5) is 5.69 Å². The number of benzene rings is 3. The molecule has 5 aromatic rings. The smallest absolute Gasteiger partial charge is 0.493 e. The van der Waals surface area contributed by atoms with Crippen LogP contribution in [0.2, 0.25) is 0 Å². The number of para-hydroxylation sites is 1. The van der Waals surface area contributed by atoms with Gasteiger partial charge in [-0.1, -0.05) is 50.9 Å². The van der Waals surface area contributed by atoms with Crippen molar-refractivity contribution in [2.45, 2.75) is 6.92 Å². The number of hydrogen-bond donors (Lipinski definition) is 0. The summed E-state index contributed by atoms with van der Waals surface area (Å²) in [7, 11) is 1.95. The van der Waals surface area contributed by atoms with E-state index in [0.717, 1.165) is 38.9 Å². The Morgan fingerprint density at radius 1 is 0.909 bits per heavy atom. The zero-order valence-electron chi connectivity index (χ0n) is 18.2. The van der Waals surface area contributed by atoms with Crippen molar-refractivity contribution in [2.24, 2.45) is 0 Å². The van der Waals surface area contributed by atoms with Gasteiger partial charge in [-0.3, -0.25) is 0 Å². The van der Waals surface area contributed by atoms with Gasteiger partial charge in [0.25, 0.3) is 6.20 Å². The molecule has 0 fully saturated rings. The Balaban J connectivity index is 0.000000164. The summed E-state index contributed by atoms with van der Waals surface area (Å²) in [6.45, 7) is 2.03. The Morgan fingerprint density at radius 3 is 2.48 bits per heavy atom. The van der Waals surface area contributed by atoms with Crippen LogP contribution in [0.5, 0.6) is 0 Å². The van der Waals surface area contributed by atoms with E-state index in [4.69, 9.17) is 4.42 Å². The third-order valence-corrected chi connectivity index (χ3v) is 5.16. The van der Waals surface area contributed by atoms with Crippen molar-refractivity contribution < 1.29 is 33.7 Å². The van der Waals surface area contributed by atoms with Crippen LogP contribution in [0.15, 0.2) is 95.8 Å². The fraction of sp³-hybridized carbons (Fsp3) is 0.0714. The molecule has 0 unspecified atom stereocenters. The maximum atomic E-state index is 5.79. The average Bonchev–Trinajstić information content (AvgIpc) is 3.43. The van der Waals surface area contributed by atoms with Gasteiger partial charge in [-0.15, -0.1) is 48.0 Å². The molecule has 0 saturated heterocycles. The number of aryl methyl sites for hydroxylation is 1. The minimum atomic E-state index is 0. The average molecular weight is 608 g/mol. The summed E-state index contributed by atoms with van der Waals surface area (Å²) >= 11 is 0. The molecule has 3 heterocycles. The fourth-order valence-electron chi connectivity index (χ4n) is 3.51. The number of hydrogen-bond acceptors (Lipinski definition) is 2. The molecule has 5 heteroatoms. The first-order valence-electron chi connectivity index (χ1n) is 10.4. The van der Waals surface area contributed by atoms with E-state index in [1.54, 1.807) is 0 Å². The molecule has 2 aromatic heterocycles. The molecule has 33 heavy (non-hydrogen) atoms. The van der Waals surface area contributed by atoms with Crippen LogP contribution < -0.4 is 0 Å². The van der Waals surface area contributed by atoms with Crippen molar-refractivity contribution in [1.29, 1.82) is 0 Å². The molecule has 163 valence electrons. The summed E-state index contributed by atoms with van der Waals surface area (Å²) in [5.74, 6) is 0. The fourth-order valence-corrected chi connectivity index (χ4v) is 3.51. The predicted molar refractivity (Wildman–Crippen MR) is 126 cm³/mol. The van der Waals surface area contributed by atoms with Crippen LogP contribution in [-0.4, -0.2) is 27.2 Å². The van der Waals surface area contributed by atoms with Gasteiger partial charge in [0.2, 0.25) is 6.20 Å². The minimum absolute atomic E-state index is 0. The maximum Gasteiger partial charge on any atom is 0.493 e. The monoisotopic (exact) mass is 608 g/mol. The Hall–Kier alpha value is -3.62. The second-order valence-electron chi connectivity index (χ2n) is 7.57. The molecule has 1 radical (unpaired) electrons. The second kappa shape index (κ2) is 9.89. The molecule has 0 atom stereocenters. The molecule has 1 aliphatic rings. The van der Waals surface area contributed by atoms with Crippen molar-refractivity contribution in [3.05, 3.63) is 109 Å². The van der Waals surface area contributed by atoms with Crippen LogP contribution in [0.3, 0.4) is 0 Å². The number of aromatic nitrogens is 1. The number of nitrogens with zero attached hydrogens (tertiary/aromatic N) is 3. The number of fused-ring (bicyclic) bond motifs is 3. The van der Waals surface area contributed by atoms with E-state index in [1.165, 1.54) is 5.56 Å². The summed E-state index contributed by atoms with van der Waals surface area (Å²) < 4.78 is 9.59. The quantitative estimate of drug-likeness (QED) is 0.177. The maximum absolute atomic E-state index is 5.79. The van der Waals surface area contributed by atoms with Gasteiger partial charge in [0.1, 0.15) is 11.3 Å². The van der Waals surface area contributed by atoms with Gasteiger partial charge < -0.3 is 9.40 Å². The van der Waals surface area contributed by atoms with Crippen LogP contribution in [0.1, 0.15) is 5.56 Å². The number of pyridine rings is 1. The first-order chi connectivity index (χ1) is 15.7. The standard InChI is InChI=1S/C16H11N2O.C12H10N.Ir/c1-17-8-9-18(11-17)12-6-7-16-14(10-12)13-4-2-3-5-15(13)19-16;1-10-7-8-12(13-9-10)11-5-3-2-4-6-11;/h2-5,7-10H,1H3;2-5,7-9H,1H3;/q+1;-1;. The van der Waals surface area contributed by atoms with E-state index in [2.05, 4.69) is 41.3 Å². The number of furan rings is 1. The summed E-state index contributed by atoms with van der Waals surface area (Å²) in [5.41, 5.74) is 5.93. The predicted octanol–water partition coefficient (Wildman–Crippen LogP) is 6.19. The largest absolute Gasteiger partial charge is 0.516 e. The van der Waals surface area contributed by atoms with E-state index in [1.807, 2.05) is 96.3 Å². The molecule has 0 N–H and O–H groups in total. The van der Waals surface area contributed by atoms with E-state index in [-0.39, 0.29) is 20.1 Å². The van der Waals surface area contributed by atoms with Gasteiger partial charge in [-0.25, -0.2) is 0 Å². The van der Waals surface area contributed by atoms with E-state index < -0.39 is 0 Å². The normalized spacial score (nSPS) is 12.1. The molecule has 4 nitrogen and oxygen atoms in total. The molecule has 0 aliphatic carbocycles. The molecule has 3 aromatic carbocycles. The molecular weight excluding hydrogens is 587 g/mol. The van der Waals surface area contributed by atoms with Crippen molar-refractivity contribution >= 4 is 33.6 Å². The van der Waals surface area contributed by atoms with E-state index >= 15 is 0 Å². The van der Waals surface area contributed by atoms with Gasteiger partial charge in [-0.2, -0.15) is 0 Å². The van der Waals surface area contributed by atoms with Crippen molar-refractivity contribution in [2.75, 3.05) is 7.05 Å². The zero-order valence-corrected chi connectivity index (χ0v) is 20.6. The third kappa shape index (κ3) is 4.92. The minimum Gasteiger partial charge on any atom is -0.516 e. The van der Waals surface area contributed by atoms with Crippen LogP contribution in [0.25, 0.3) is 33.2 Å². The van der Waals surface area contributed by atoms with E-state index in [9.17, 15) is 0 Å².